The third-order valence-electron chi connectivity index (χ3n) is 3.56. The van der Waals surface area contributed by atoms with Crippen molar-refractivity contribution in [1.82, 2.24) is 4.90 Å². The lowest BCUT2D eigenvalue weighted by Crippen LogP contribution is -2.36. The van der Waals surface area contributed by atoms with Crippen LogP contribution in [0.1, 0.15) is 38.8 Å². The van der Waals surface area contributed by atoms with Gasteiger partial charge in [0.05, 0.1) is 11.5 Å². The standard InChI is InChI=1S/C15H19Cl2NO3/c1-9(11-6-5-10(16)7-12(11)17)18(4)13(19)8-15(2,3)14(20)21/h5-7,9H,8H2,1-4H3,(H,20,21). The van der Waals surface area contributed by atoms with Gasteiger partial charge in [-0.05, 0) is 38.5 Å². The van der Waals surface area contributed by atoms with Gasteiger partial charge in [-0.25, -0.2) is 0 Å². The Morgan fingerprint density at radius 2 is 1.90 bits per heavy atom. The molecule has 1 aromatic rings. The van der Waals surface area contributed by atoms with Gasteiger partial charge < -0.3 is 10.0 Å². The molecule has 116 valence electrons. The van der Waals surface area contributed by atoms with Crippen LogP contribution >= 0.6 is 23.2 Å². The van der Waals surface area contributed by atoms with Crippen LogP contribution in [-0.4, -0.2) is 28.9 Å². The number of rotatable bonds is 5. The van der Waals surface area contributed by atoms with Gasteiger partial charge in [-0.3, -0.25) is 9.59 Å². The van der Waals surface area contributed by atoms with Crippen molar-refractivity contribution < 1.29 is 14.7 Å². The third kappa shape index (κ3) is 4.35. The molecule has 0 saturated heterocycles. The van der Waals surface area contributed by atoms with Crippen molar-refractivity contribution in [2.45, 2.75) is 33.2 Å². The van der Waals surface area contributed by atoms with Gasteiger partial charge in [-0.2, -0.15) is 0 Å². The number of carboxylic acids is 1. The fourth-order valence-corrected chi connectivity index (χ4v) is 2.41. The lowest BCUT2D eigenvalue weighted by Gasteiger charge is -2.29. The third-order valence-corrected chi connectivity index (χ3v) is 4.12. The van der Waals surface area contributed by atoms with Crippen LogP contribution in [0.2, 0.25) is 10.0 Å². The van der Waals surface area contributed by atoms with E-state index in [1.165, 1.54) is 18.7 Å². The summed E-state index contributed by atoms with van der Waals surface area (Å²) in [6.45, 7) is 4.89. The van der Waals surface area contributed by atoms with Crippen molar-refractivity contribution >= 4 is 35.1 Å². The number of hydrogen-bond donors (Lipinski definition) is 1. The summed E-state index contributed by atoms with van der Waals surface area (Å²) >= 11 is 12.0. The van der Waals surface area contributed by atoms with Gasteiger partial charge in [0, 0.05) is 23.5 Å². The lowest BCUT2D eigenvalue weighted by atomic mass is 9.88. The van der Waals surface area contributed by atoms with Gasteiger partial charge in [0.2, 0.25) is 5.91 Å². The van der Waals surface area contributed by atoms with Gasteiger partial charge in [-0.1, -0.05) is 29.3 Å². The maximum absolute atomic E-state index is 12.2. The minimum Gasteiger partial charge on any atom is -0.481 e. The molecule has 0 aromatic heterocycles. The van der Waals surface area contributed by atoms with Crippen molar-refractivity contribution in [3.05, 3.63) is 33.8 Å². The molecule has 0 aliphatic heterocycles. The number of halogens is 2. The molecule has 0 spiro atoms. The molecule has 0 aliphatic rings. The van der Waals surface area contributed by atoms with Crippen LogP contribution in [0.5, 0.6) is 0 Å². The molecule has 0 bridgehead atoms. The first-order valence-electron chi connectivity index (χ1n) is 6.50. The van der Waals surface area contributed by atoms with Crippen molar-refractivity contribution in [2.24, 2.45) is 5.41 Å². The van der Waals surface area contributed by atoms with Gasteiger partial charge >= 0.3 is 5.97 Å². The van der Waals surface area contributed by atoms with Crippen LogP contribution in [0.15, 0.2) is 18.2 Å². The first-order chi connectivity index (χ1) is 9.56. The molecule has 1 rings (SSSR count). The summed E-state index contributed by atoms with van der Waals surface area (Å²) < 4.78 is 0. The monoisotopic (exact) mass is 331 g/mol. The van der Waals surface area contributed by atoms with E-state index < -0.39 is 11.4 Å². The van der Waals surface area contributed by atoms with E-state index in [-0.39, 0.29) is 18.4 Å². The number of aliphatic carboxylic acids is 1. The van der Waals surface area contributed by atoms with Crippen molar-refractivity contribution in [2.75, 3.05) is 7.05 Å². The fourth-order valence-electron chi connectivity index (χ4n) is 1.84. The minimum absolute atomic E-state index is 0.0750. The van der Waals surface area contributed by atoms with E-state index in [4.69, 9.17) is 28.3 Å². The number of nitrogens with zero attached hydrogens (tertiary/aromatic N) is 1. The van der Waals surface area contributed by atoms with E-state index in [2.05, 4.69) is 0 Å². The average molecular weight is 332 g/mol. The smallest absolute Gasteiger partial charge is 0.309 e. The Labute approximate surface area is 134 Å². The average Bonchev–Trinajstić information content (AvgIpc) is 2.36. The SMILES string of the molecule is CC(c1ccc(Cl)cc1Cl)N(C)C(=O)CC(C)(C)C(=O)O. The maximum atomic E-state index is 12.2. The van der Waals surface area contributed by atoms with Crippen LogP contribution in [0.4, 0.5) is 0 Å². The van der Waals surface area contributed by atoms with Crippen molar-refractivity contribution in [3.8, 4) is 0 Å². The zero-order valence-corrected chi connectivity index (χ0v) is 14.0. The summed E-state index contributed by atoms with van der Waals surface area (Å²) in [5.74, 6) is -1.25. The molecule has 0 heterocycles. The number of carbonyl (C=O) groups excluding carboxylic acids is 1. The summed E-state index contributed by atoms with van der Waals surface area (Å²) in [7, 11) is 1.63. The quantitative estimate of drug-likeness (QED) is 0.886. The van der Waals surface area contributed by atoms with Crippen molar-refractivity contribution in [3.63, 3.8) is 0 Å². The van der Waals surface area contributed by atoms with E-state index in [1.54, 1.807) is 25.2 Å². The topological polar surface area (TPSA) is 57.6 Å². The molecule has 1 N–H and O–H groups in total. The highest BCUT2D eigenvalue weighted by Crippen LogP contribution is 2.30. The molecule has 1 aromatic carbocycles. The minimum atomic E-state index is -1.10. The summed E-state index contributed by atoms with van der Waals surface area (Å²) in [4.78, 5) is 24.9. The number of amides is 1. The highest BCUT2D eigenvalue weighted by atomic mass is 35.5. The second kappa shape index (κ2) is 6.67. The number of carbonyl (C=O) groups is 2. The summed E-state index contributed by atoms with van der Waals surface area (Å²) in [5, 5.41) is 10.1. The second-order valence-corrected chi connectivity index (χ2v) is 6.56. The Kier molecular flexibility index (Phi) is 5.65. The summed E-state index contributed by atoms with van der Waals surface area (Å²) in [6.07, 6.45) is -0.0750. The molecule has 1 amide bonds. The van der Waals surface area contributed by atoms with Crippen LogP contribution in [-0.2, 0) is 9.59 Å². The van der Waals surface area contributed by atoms with Crippen molar-refractivity contribution in [1.29, 1.82) is 0 Å². The van der Waals surface area contributed by atoms with Gasteiger partial charge in [-0.15, -0.1) is 0 Å². The number of hydrogen-bond acceptors (Lipinski definition) is 2. The van der Waals surface area contributed by atoms with Crippen LogP contribution in [0.3, 0.4) is 0 Å². The van der Waals surface area contributed by atoms with E-state index in [0.29, 0.717) is 10.0 Å². The second-order valence-electron chi connectivity index (χ2n) is 5.71. The predicted molar refractivity (Wildman–Crippen MR) is 83.7 cm³/mol. The maximum Gasteiger partial charge on any atom is 0.309 e. The highest BCUT2D eigenvalue weighted by molar-refractivity contribution is 6.35. The molecule has 1 unspecified atom stereocenters. The highest BCUT2D eigenvalue weighted by Gasteiger charge is 2.32. The first kappa shape index (κ1) is 17.8. The Morgan fingerprint density at radius 1 is 1.33 bits per heavy atom. The van der Waals surface area contributed by atoms with Gasteiger partial charge in [0.15, 0.2) is 0 Å². The Hall–Kier alpha value is -1.26. The largest absolute Gasteiger partial charge is 0.481 e. The van der Waals surface area contributed by atoms with E-state index in [0.717, 1.165) is 5.56 Å². The van der Waals surface area contributed by atoms with Crippen LogP contribution < -0.4 is 0 Å². The molecule has 1 atom stereocenters. The summed E-state index contributed by atoms with van der Waals surface area (Å²) in [5.41, 5.74) is -0.334. The molecule has 0 saturated carbocycles. The first-order valence-corrected chi connectivity index (χ1v) is 7.26. The van der Waals surface area contributed by atoms with Gasteiger partial charge in [0.25, 0.3) is 0 Å². The fraction of sp³-hybridized carbons (Fsp3) is 0.467. The van der Waals surface area contributed by atoms with Crippen LogP contribution in [0.25, 0.3) is 0 Å². The van der Waals surface area contributed by atoms with Crippen LogP contribution in [0, 0.1) is 5.41 Å². The Morgan fingerprint density at radius 3 is 2.38 bits per heavy atom. The predicted octanol–water partition coefficient (Wildman–Crippen LogP) is 4.01. The Balaban J connectivity index is 2.89. The van der Waals surface area contributed by atoms with Gasteiger partial charge in [0.1, 0.15) is 0 Å². The molecule has 0 aliphatic carbocycles. The molecular formula is C15H19Cl2NO3. The van der Waals surface area contributed by atoms with E-state index in [9.17, 15) is 9.59 Å². The molecular weight excluding hydrogens is 313 g/mol. The molecule has 4 nitrogen and oxygen atoms in total. The normalized spacial score (nSPS) is 12.9. The number of carboxylic acid groups (broad SMARTS) is 1. The lowest BCUT2D eigenvalue weighted by molar-refractivity contribution is -0.151. The molecule has 0 fully saturated rings. The molecule has 6 heteroatoms. The summed E-state index contributed by atoms with van der Waals surface area (Å²) in [6, 6.07) is 4.82. The van der Waals surface area contributed by atoms with E-state index in [1.807, 2.05) is 6.92 Å². The zero-order chi connectivity index (χ0) is 16.4. The molecule has 0 radical (unpaired) electrons. The number of benzene rings is 1. The molecule has 21 heavy (non-hydrogen) atoms. The van der Waals surface area contributed by atoms with E-state index >= 15 is 0 Å². The Bertz CT molecular complexity index is 558. The zero-order valence-electron chi connectivity index (χ0n) is 12.5.